The highest BCUT2D eigenvalue weighted by molar-refractivity contribution is 6.03. The van der Waals surface area contributed by atoms with E-state index in [0.717, 1.165) is 11.1 Å². The largest absolute Gasteiger partial charge is 0.456 e. The van der Waals surface area contributed by atoms with Gasteiger partial charge in [-0.3, -0.25) is 4.79 Å². The number of fused-ring (bicyclic) bond motifs is 1. The fourth-order valence-electron chi connectivity index (χ4n) is 3.02. The number of aryl methyl sites for hydroxylation is 1. The molecule has 0 aromatic heterocycles. The van der Waals surface area contributed by atoms with Crippen LogP contribution < -0.4 is 14.8 Å². The Morgan fingerprint density at radius 1 is 0.968 bits per heavy atom. The van der Waals surface area contributed by atoms with Crippen molar-refractivity contribution in [3.05, 3.63) is 101 Å². The summed E-state index contributed by atoms with van der Waals surface area (Å²) in [5.74, 6) is 0.176. The van der Waals surface area contributed by atoms with Gasteiger partial charge in [-0.25, -0.2) is 4.79 Å². The lowest BCUT2D eigenvalue weighted by atomic mass is 10.1. The molecule has 1 aliphatic heterocycles. The molecule has 4 rings (SSSR count). The Morgan fingerprint density at radius 3 is 2.48 bits per heavy atom. The molecular weight excluding hydrogens is 394 g/mol. The third-order valence-electron chi connectivity index (χ3n) is 4.70. The number of rotatable bonds is 6. The number of benzene rings is 3. The number of nitrogens with one attached hydrogen (secondary N) is 1. The molecule has 0 saturated heterocycles. The Hall–Kier alpha value is -4.06. The molecule has 0 atom stereocenters. The summed E-state index contributed by atoms with van der Waals surface area (Å²) in [6, 6.07) is 21.7. The summed E-state index contributed by atoms with van der Waals surface area (Å²) in [4.78, 5) is 25.5. The van der Waals surface area contributed by atoms with Crippen molar-refractivity contribution in [1.29, 1.82) is 0 Å². The minimum absolute atomic E-state index is 0.0281. The molecule has 1 aliphatic rings. The van der Waals surface area contributed by atoms with Crippen molar-refractivity contribution in [2.45, 2.75) is 13.5 Å². The van der Waals surface area contributed by atoms with Gasteiger partial charge in [0.05, 0.1) is 0 Å². The minimum atomic E-state index is -0.637. The average molecular weight is 415 g/mol. The molecule has 0 fully saturated rings. The zero-order chi connectivity index (χ0) is 21.6. The second kappa shape index (κ2) is 9.17. The fraction of sp³-hybridized carbons (Fsp3) is 0.120. The van der Waals surface area contributed by atoms with Crippen molar-refractivity contribution in [1.82, 2.24) is 5.32 Å². The number of hydrogen-bond donors (Lipinski definition) is 1. The molecule has 0 radical (unpaired) electrons. The van der Waals surface area contributed by atoms with Gasteiger partial charge in [-0.2, -0.15) is 0 Å². The van der Waals surface area contributed by atoms with Crippen molar-refractivity contribution < 1.29 is 23.8 Å². The fourth-order valence-corrected chi connectivity index (χ4v) is 3.02. The van der Waals surface area contributed by atoms with Gasteiger partial charge < -0.3 is 19.5 Å². The lowest BCUT2D eigenvalue weighted by Crippen LogP contribution is -2.28. The van der Waals surface area contributed by atoms with Gasteiger partial charge in [0.15, 0.2) is 11.5 Å². The average Bonchev–Trinajstić information content (AvgIpc) is 3.26. The number of carbonyl (C=O) groups is 2. The molecule has 0 bridgehead atoms. The maximum atomic E-state index is 12.8. The van der Waals surface area contributed by atoms with Crippen LogP contribution >= 0.6 is 0 Å². The van der Waals surface area contributed by atoms with Crippen LogP contribution in [0.2, 0.25) is 0 Å². The SMILES string of the molecule is Cc1ccc(C(=O)N/C(=C/c2ccc3c(c2)OCO3)C(=O)OCc2ccccc2)cc1. The van der Waals surface area contributed by atoms with Gasteiger partial charge >= 0.3 is 5.97 Å². The Labute approximate surface area is 180 Å². The Kier molecular flexibility index (Phi) is 5.98. The summed E-state index contributed by atoms with van der Waals surface area (Å²) in [7, 11) is 0. The van der Waals surface area contributed by atoms with Crippen molar-refractivity contribution in [2.24, 2.45) is 0 Å². The zero-order valence-electron chi connectivity index (χ0n) is 17.0. The van der Waals surface area contributed by atoms with Crippen LogP contribution in [0.25, 0.3) is 6.08 Å². The molecule has 156 valence electrons. The van der Waals surface area contributed by atoms with E-state index in [4.69, 9.17) is 14.2 Å². The van der Waals surface area contributed by atoms with Crippen LogP contribution in [0.5, 0.6) is 11.5 Å². The van der Waals surface area contributed by atoms with Crippen LogP contribution in [0.1, 0.15) is 27.0 Å². The van der Waals surface area contributed by atoms with Crippen molar-refractivity contribution in [2.75, 3.05) is 6.79 Å². The lowest BCUT2D eigenvalue weighted by Gasteiger charge is -2.11. The van der Waals surface area contributed by atoms with Gasteiger partial charge in [0, 0.05) is 5.56 Å². The Morgan fingerprint density at radius 2 is 1.71 bits per heavy atom. The van der Waals surface area contributed by atoms with Crippen molar-refractivity contribution in [3.8, 4) is 11.5 Å². The monoisotopic (exact) mass is 415 g/mol. The van der Waals surface area contributed by atoms with E-state index in [0.29, 0.717) is 22.6 Å². The third kappa shape index (κ3) is 5.11. The molecule has 6 heteroatoms. The van der Waals surface area contributed by atoms with Crippen LogP contribution in [0.15, 0.2) is 78.5 Å². The molecule has 6 nitrogen and oxygen atoms in total. The third-order valence-corrected chi connectivity index (χ3v) is 4.70. The van der Waals surface area contributed by atoms with Crippen LogP contribution in [-0.2, 0) is 16.1 Å². The standard InChI is InChI=1S/C25H21NO5/c1-17-7-10-20(11-8-17)24(27)26-21(25(28)29-15-18-5-3-2-4-6-18)13-19-9-12-22-23(14-19)31-16-30-22/h2-14H,15-16H2,1H3,(H,26,27)/b21-13+. The highest BCUT2D eigenvalue weighted by Crippen LogP contribution is 2.33. The minimum Gasteiger partial charge on any atom is -0.456 e. The summed E-state index contributed by atoms with van der Waals surface area (Å²) in [5, 5.41) is 2.68. The number of ether oxygens (including phenoxy) is 3. The lowest BCUT2D eigenvalue weighted by molar-refractivity contribution is -0.140. The number of esters is 1. The summed E-state index contributed by atoms with van der Waals surface area (Å²) in [6.45, 7) is 2.19. The molecule has 3 aromatic rings. The van der Waals surface area contributed by atoms with Crippen LogP contribution in [0.4, 0.5) is 0 Å². The van der Waals surface area contributed by atoms with E-state index < -0.39 is 11.9 Å². The molecule has 0 aliphatic carbocycles. The van der Waals surface area contributed by atoms with Gasteiger partial charge in [-0.05, 0) is 48.4 Å². The molecule has 3 aromatic carbocycles. The van der Waals surface area contributed by atoms with Crippen molar-refractivity contribution in [3.63, 3.8) is 0 Å². The van der Waals surface area contributed by atoms with Gasteiger partial charge in [0.25, 0.3) is 5.91 Å². The summed E-state index contributed by atoms with van der Waals surface area (Å²) >= 11 is 0. The summed E-state index contributed by atoms with van der Waals surface area (Å²) in [5.41, 5.74) is 3.02. The van der Waals surface area contributed by atoms with Crippen LogP contribution in [0.3, 0.4) is 0 Å². The highest BCUT2D eigenvalue weighted by atomic mass is 16.7. The number of carbonyl (C=O) groups excluding carboxylic acids is 2. The molecule has 0 saturated carbocycles. The first kappa shape index (κ1) is 20.2. The first-order chi connectivity index (χ1) is 15.1. The predicted molar refractivity (Wildman–Crippen MR) is 115 cm³/mol. The second-order valence-corrected chi connectivity index (χ2v) is 7.05. The van der Waals surface area contributed by atoms with Gasteiger partial charge in [-0.15, -0.1) is 0 Å². The second-order valence-electron chi connectivity index (χ2n) is 7.05. The molecular formula is C25H21NO5. The van der Waals surface area contributed by atoms with E-state index >= 15 is 0 Å². The van der Waals surface area contributed by atoms with E-state index in [2.05, 4.69) is 5.32 Å². The van der Waals surface area contributed by atoms with E-state index in [-0.39, 0.29) is 19.1 Å². The normalized spacial score (nSPS) is 12.4. The topological polar surface area (TPSA) is 73.9 Å². The van der Waals surface area contributed by atoms with Crippen LogP contribution in [-0.4, -0.2) is 18.7 Å². The van der Waals surface area contributed by atoms with Crippen molar-refractivity contribution >= 4 is 18.0 Å². The molecule has 31 heavy (non-hydrogen) atoms. The quantitative estimate of drug-likeness (QED) is 0.482. The molecule has 1 heterocycles. The van der Waals surface area contributed by atoms with Gasteiger partial charge in [0.1, 0.15) is 12.3 Å². The number of amides is 1. The Balaban J connectivity index is 1.57. The maximum absolute atomic E-state index is 12.8. The molecule has 1 amide bonds. The van der Waals surface area contributed by atoms with Crippen LogP contribution in [0, 0.1) is 6.92 Å². The van der Waals surface area contributed by atoms with E-state index in [1.54, 1.807) is 36.4 Å². The number of hydrogen-bond acceptors (Lipinski definition) is 5. The van der Waals surface area contributed by atoms with Gasteiger partial charge in [0.2, 0.25) is 6.79 Å². The summed E-state index contributed by atoms with van der Waals surface area (Å²) < 4.78 is 16.1. The van der Waals surface area contributed by atoms with Gasteiger partial charge in [-0.1, -0.05) is 54.1 Å². The Bertz CT molecular complexity index is 1120. The smallest absolute Gasteiger partial charge is 0.355 e. The van der Waals surface area contributed by atoms with E-state index in [1.165, 1.54) is 0 Å². The first-order valence-corrected chi connectivity index (χ1v) is 9.79. The van der Waals surface area contributed by atoms with E-state index in [1.807, 2.05) is 49.4 Å². The molecule has 0 unspecified atom stereocenters. The molecule has 0 spiro atoms. The molecule has 1 N–H and O–H groups in total. The maximum Gasteiger partial charge on any atom is 0.355 e. The van der Waals surface area contributed by atoms with E-state index in [9.17, 15) is 9.59 Å². The zero-order valence-corrected chi connectivity index (χ0v) is 17.0. The summed E-state index contributed by atoms with van der Waals surface area (Å²) in [6.07, 6.45) is 1.56. The highest BCUT2D eigenvalue weighted by Gasteiger charge is 2.18. The predicted octanol–water partition coefficient (Wildman–Crippen LogP) is 4.24. The first-order valence-electron chi connectivity index (χ1n) is 9.79.